The van der Waals surface area contributed by atoms with Crippen molar-refractivity contribution in [1.82, 2.24) is 9.55 Å². The predicted octanol–water partition coefficient (Wildman–Crippen LogP) is -1.56. The number of aliphatic hydroxyl groups is 1. The summed E-state index contributed by atoms with van der Waals surface area (Å²) in [4.78, 5) is 3.89. The van der Waals surface area contributed by atoms with E-state index in [4.69, 9.17) is 5.11 Å². The molecule has 2 rings (SSSR count). The van der Waals surface area contributed by atoms with Crippen molar-refractivity contribution in [2.45, 2.75) is 12.6 Å². The molecule has 16 heavy (non-hydrogen) atoms. The third kappa shape index (κ3) is 2.98. The number of aromatic nitrogens is 2. The first-order chi connectivity index (χ1) is 7.25. The van der Waals surface area contributed by atoms with Gasteiger partial charge in [0.05, 0.1) is 19.0 Å². The van der Waals surface area contributed by atoms with Gasteiger partial charge < -0.3 is 27.2 Å². The predicted molar refractivity (Wildman–Crippen MR) is 56.4 cm³/mol. The second-order valence-corrected chi connectivity index (χ2v) is 3.37. The van der Waals surface area contributed by atoms with Crippen LogP contribution in [0.15, 0.2) is 43.0 Å². The molecule has 86 valence electrons. The van der Waals surface area contributed by atoms with E-state index < -0.39 is 6.10 Å². The van der Waals surface area contributed by atoms with Crippen LogP contribution in [0.1, 0.15) is 13.1 Å². The highest BCUT2D eigenvalue weighted by molar-refractivity contribution is 5.27. The monoisotopic (exact) mass is 240 g/mol. The molecule has 0 amide bonds. The smallest absolute Gasteiger partial charge is 1.00 e. The van der Waals surface area contributed by atoms with E-state index in [1.54, 1.807) is 47.6 Å². The first-order valence-corrected chi connectivity index (χ1v) is 4.68. The Labute approximate surface area is 101 Å². The molecule has 0 fully saturated rings. The van der Waals surface area contributed by atoms with E-state index in [0.29, 0.717) is 6.54 Å². The van der Waals surface area contributed by atoms with Crippen molar-refractivity contribution < 1.29 is 24.0 Å². The van der Waals surface area contributed by atoms with Crippen LogP contribution in [0, 0.1) is 0 Å². The van der Waals surface area contributed by atoms with E-state index in [9.17, 15) is 5.11 Å². The number of phenols is 1. The highest BCUT2D eigenvalue weighted by Crippen LogP contribution is 2.17. The van der Waals surface area contributed by atoms with Crippen LogP contribution in [-0.4, -0.2) is 19.8 Å². The number of hydrogen-bond donors (Lipinski definition) is 2. The minimum atomic E-state index is -0.584. The summed E-state index contributed by atoms with van der Waals surface area (Å²) >= 11 is 0. The topological polar surface area (TPSA) is 58.3 Å². The summed E-state index contributed by atoms with van der Waals surface area (Å²) in [5, 5.41) is 19.0. The van der Waals surface area contributed by atoms with Crippen molar-refractivity contribution in [3.8, 4) is 5.75 Å². The molecule has 2 aromatic rings. The number of hydrogen-bond acceptors (Lipinski definition) is 3. The molecule has 0 saturated carbocycles. The number of imidazole rings is 1. The second-order valence-electron chi connectivity index (χ2n) is 3.37. The van der Waals surface area contributed by atoms with E-state index in [-0.39, 0.29) is 19.6 Å². The van der Waals surface area contributed by atoms with Gasteiger partial charge in [0, 0.05) is 12.4 Å². The molecular weight excluding hydrogens is 228 g/mol. The van der Waals surface area contributed by atoms with Crippen molar-refractivity contribution in [3.63, 3.8) is 0 Å². The third-order valence-corrected chi connectivity index (χ3v) is 2.22. The molecule has 0 radical (unpaired) electrons. The highest BCUT2D eigenvalue weighted by atomic mass is 35.5. The third-order valence-electron chi connectivity index (χ3n) is 2.22. The van der Waals surface area contributed by atoms with Gasteiger partial charge in [-0.05, 0) is 17.7 Å². The molecule has 0 bridgehead atoms. The Balaban J connectivity index is 0.00000128. The van der Waals surface area contributed by atoms with Gasteiger partial charge in [-0.3, -0.25) is 0 Å². The minimum Gasteiger partial charge on any atom is -1.00 e. The van der Waals surface area contributed by atoms with E-state index >= 15 is 0 Å². The number of rotatable bonds is 3. The van der Waals surface area contributed by atoms with Crippen LogP contribution in [0.25, 0.3) is 0 Å². The molecule has 1 heterocycles. The summed E-state index contributed by atoms with van der Waals surface area (Å²) in [6, 6.07) is 6.53. The number of nitrogens with zero attached hydrogens (tertiary/aromatic N) is 2. The fourth-order valence-electron chi connectivity index (χ4n) is 1.40. The van der Waals surface area contributed by atoms with Crippen LogP contribution in [0.3, 0.4) is 0 Å². The zero-order valence-corrected chi connectivity index (χ0v) is 9.25. The zero-order chi connectivity index (χ0) is 10.7. The van der Waals surface area contributed by atoms with Gasteiger partial charge in [-0.15, -0.1) is 0 Å². The van der Waals surface area contributed by atoms with Gasteiger partial charge in [0.2, 0.25) is 0 Å². The SMILES string of the molecule is Oc1ccc(C(O)Cn2ccnc2)cc1.[Cl-].[H+]. The lowest BCUT2D eigenvalue weighted by Crippen LogP contribution is -3.00. The molecule has 1 aromatic carbocycles. The molecule has 1 atom stereocenters. The molecular formula is C11H13ClN2O2. The highest BCUT2D eigenvalue weighted by Gasteiger charge is 2.07. The van der Waals surface area contributed by atoms with Crippen molar-refractivity contribution in [3.05, 3.63) is 48.5 Å². The first-order valence-electron chi connectivity index (χ1n) is 4.68. The summed E-state index contributed by atoms with van der Waals surface area (Å²) in [7, 11) is 0. The number of phenolic OH excluding ortho intramolecular Hbond substituents is 1. The van der Waals surface area contributed by atoms with E-state index in [0.717, 1.165) is 5.56 Å². The Morgan fingerprint density at radius 1 is 1.31 bits per heavy atom. The Morgan fingerprint density at radius 2 is 2.00 bits per heavy atom. The summed E-state index contributed by atoms with van der Waals surface area (Å²) < 4.78 is 1.80. The molecule has 2 N–H and O–H groups in total. The fraction of sp³-hybridized carbons (Fsp3) is 0.182. The normalized spacial score (nSPS) is 11.8. The lowest BCUT2D eigenvalue weighted by molar-refractivity contribution is -0.00000614. The van der Waals surface area contributed by atoms with Gasteiger partial charge in [-0.25, -0.2) is 4.98 Å². The van der Waals surface area contributed by atoms with Crippen molar-refractivity contribution in [2.75, 3.05) is 0 Å². The molecule has 5 heteroatoms. The second kappa shape index (κ2) is 5.53. The quantitative estimate of drug-likeness (QED) is 0.682. The Bertz CT molecular complexity index is 420. The molecule has 1 aromatic heterocycles. The van der Waals surface area contributed by atoms with Crippen molar-refractivity contribution in [1.29, 1.82) is 0 Å². The van der Waals surface area contributed by atoms with Crippen LogP contribution in [0.2, 0.25) is 0 Å². The largest absolute Gasteiger partial charge is 1.00 e. The van der Waals surface area contributed by atoms with E-state index in [2.05, 4.69) is 4.98 Å². The fourth-order valence-corrected chi connectivity index (χ4v) is 1.40. The maximum atomic E-state index is 9.85. The average Bonchev–Trinajstić information content (AvgIpc) is 2.71. The molecule has 1 unspecified atom stereocenters. The molecule has 0 aliphatic heterocycles. The number of aliphatic hydroxyl groups excluding tert-OH is 1. The molecule has 0 aliphatic rings. The van der Waals surface area contributed by atoms with Crippen molar-refractivity contribution in [2.24, 2.45) is 0 Å². The van der Waals surface area contributed by atoms with Crippen LogP contribution >= 0.6 is 0 Å². The van der Waals surface area contributed by atoms with Gasteiger partial charge in [0.25, 0.3) is 0 Å². The summed E-state index contributed by atoms with van der Waals surface area (Å²) in [5.74, 6) is 0.202. The molecule has 0 saturated heterocycles. The van der Waals surface area contributed by atoms with E-state index in [1.165, 1.54) is 0 Å². The Hall–Kier alpha value is -1.52. The van der Waals surface area contributed by atoms with Gasteiger partial charge in [-0.2, -0.15) is 0 Å². The standard InChI is InChI=1S/C11H12N2O2.ClH/c14-10-3-1-9(2-4-10)11(15)7-13-6-5-12-8-13;/h1-6,8,11,14-15H,7H2;1H. The number of aromatic hydroxyl groups is 1. The number of benzene rings is 1. The van der Waals surface area contributed by atoms with Crippen molar-refractivity contribution >= 4 is 0 Å². The summed E-state index contributed by atoms with van der Waals surface area (Å²) in [6.45, 7) is 0.463. The minimum absolute atomic E-state index is 0. The molecule has 0 spiro atoms. The number of halogens is 1. The van der Waals surface area contributed by atoms with Crippen LogP contribution < -0.4 is 12.4 Å². The average molecular weight is 241 g/mol. The van der Waals surface area contributed by atoms with Gasteiger partial charge in [0.1, 0.15) is 5.75 Å². The van der Waals surface area contributed by atoms with Gasteiger partial charge in [0.15, 0.2) is 0 Å². The summed E-state index contributed by atoms with van der Waals surface area (Å²) in [6.07, 6.45) is 4.54. The maximum Gasteiger partial charge on any atom is 1.00 e. The molecule has 0 aliphatic carbocycles. The van der Waals surface area contributed by atoms with Crippen LogP contribution in [0.4, 0.5) is 0 Å². The van der Waals surface area contributed by atoms with E-state index in [1.807, 2.05) is 0 Å². The zero-order valence-electron chi connectivity index (χ0n) is 9.49. The molecule has 4 nitrogen and oxygen atoms in total. The Morgan fingerprint density at radius 3 is 2.56 bits per heavy atom. The van der Waals surface area contributed by atoms with Gasteiger partial charge in [-0.1, -0.05) is 12.1 Å². The van der Waals surface area contributed by atoms with Crippen LogP contribution in [0.5, 0.6) is 5.75 Å². The van der Waals surface area contributed by atoms with Crippen LogP contribution in [-0.2, 0) is 6.54 Å². The van der Waals surface area contributed by atoms with Gasteiger partial charge >= 0.3 is 1.43 Å². The Kier molecular flexibility index (Phi) is 4.34. The summed E-state index contributed by atoms with van der Waals surface area (Å²) in [5.41, 5.74) is 0.779. The maximum absolute atomic E-state index is 9.85. The first kappa shape index (κ1) is 12.5. The lowest BCUT2D eigenvalue weighted by atomic mass is 10.1. The lowest BCUT2D eigenvalue weighted by Gasteiger charge is -2.11.